The fraction of sp³-hybridized carbons (Fsp3) is 0.400. The number of aromatic nitrogens is 2. The number of ether oxygens (including phenoxy) is 5. The minimum absolute atomic E-state index is 0.107. The van der Waals surface area contributed by atoms with E-state index < -0.39 is 5.79 Å². The Bertz CT molecular complexity index is 1800. The summed E-state index contributed by atoms with van der Waals surface area (Å²) in [4.78, 5) is 18.8. The lowest BCUT2D eigenvalue weighted by atomic mass is 9.89. The van der Waals surface area contributed by atoms with Crippen LogP contribution in [0.15, 0.2) is 47.4 Å². The van der Waals surface area contributed by atoms with Gasteiger partial charge >= 0.3 is 0 Å². The summed E-state index contributed by atoms with van der Waals surface area (Å²) in [7, 11) is 4.82. The lowest BCUT2D eigenvalue weighted by molar-refractivity contribution is -0.177. The number of fused-ring (bicyclic) bond motifs is 1. The number of nitrogens with zero attached hydrogens (tertiary/aromatic N) is 2. The van der Waals surface area contributed by atoms with Crippen LogP contribution in [0.4, 0.5) is 5.69 Å². The molecule has 10 heteroatoms. The van der Waals surface area contributed by atoms with Crippen molar-refractivity contribution in [1.82, 2.24) is 9.55 Å². The van der Waals surface area contributed by atoms with Crippen LogP contribution in [-0.2, 0) is 16.0 Å². The number of nitrogens with one attached hydrogen (secondary N) is 2. The van der Waals surface area contributed by atoms with E-state index in [2.05, 4.69) is 22.4 Å². The van der Waals surface area contributed by atoms with E-state index in [1.807, 2.05) is 38.1 Å². The van der Waals surface area contributed by atoms with Crippen molar-refractivity contribution in [3.05, 3.63) is 75.2 Å². The second-order valence-electron chi connectivity index (χ2n) is 11.7. The molecular weight excluding hydrogens is 572 g/mol. The molecule has 2 N–H and O–H groups in total. The van der Waals surface area contributed by atoms with Crippen LogP contribution in [0.5, 0.6) is 17.4 Å². The molecule has 10 nitrogen and oxygen atoms in total. The number of methoxy groups -OCH3 is 3. The molecule has 6 rings (SSSR count). The Morgan fingerprint density at radius 1 is 1.04 bits per heavy atom. The summed E-state index contributed by atoms with van der Waals surface area (Å²) in [5.74, 6) is 1.35. The van der Waals surface area contributed by atoms with Gasteiger partial charge in [0.05, 0.1) is 57.9 Å². The van der Waals surface area contributed by atoms with Crippen LogP contribution in [0.25, 0.3) is 22.0 Å². The highest BCUT2D eigenvalue weighted by molar-refractivity contribution is 6.02. The maximum Gasteiger partial charge on any atom is 0.262 e. The number of hydrogen-bond acceptors (Lipinski definition) is 9. The number of hydrogen-bond donors (Lipinski definition) is 2. The van der Waals surface area contributed by atoms with Gasteiger partial charge in [0, 0.05) is 53.9 Å². The van der Waals surface area contributed by atoms with Crippen molar-refractivity contribution >= 4 is 22.8 Å². The van der Waals surface area contributed by atoms with Gasteiger partial charge in [-0.05, 0) is 61.6 Å². The van der Waals surface area contributed by atoms with E-state index in [0.717, 1.165) is 70.6 Å². The SMILES string of the molecule is COc1ccc(Cn2c(=O)c(C=N)c(NC3CCC4(CC3)OCCO4)c3ccc(-c4c(C)cnc(OC)c4C)cc32)c(OC)c1. The summed E-state index contributed by atoms with van der Waals surface area (Å²) < 4.78 is 30.2. The maximum atomic E-state index is 14.3. The van der Waals surface area contributed by atoms with Crippen LogP contribution >= 0.6 is 0 Å². The first-order valence-corrected chi connectivity index (χ1v) is 15.3. The van der Waals surface area contributed by atoms with E-state index in [1.165, 1.54) is 0 Å². The highest BCUT2D eigenvalue weighted by Gasteiger charge is 2.40. The lowest BCUT2D eigenvalue weighted by Crippen LogP contribution is -2.39. The number of pyridine rings is 2. The van der Waals surface area contributed by atoms with Gasteiger partial charge < -0.3 is 39.0 Å². The van der Waals surface area contributed by atoms with Crippen LogP contribution in [0.3, 0.4) is 0 Å². The van der Waals surface area contributed by atoms with Gasteiger partial charge in [0.1, 0.15) is 11.5 Å². The van der Waals surface area contributed by atoms with Gasteiger partial charge in [0.15, 0.2) is 5.79 Å². The average molecular weight is 613 g/mol. The maximum absolute atomic E-state index is 14.3. The van der Waals surface area contributed by atoms with Gasteiger partial charge in [-0.2, -0.15) is 0 Å². The number of benzene rings is 2. The van der Waals surface area contributed by atoms with E-state index in [9.17, 15) is 4.79 Å². The molecule has 1 spiro atoms. The minimum Gasteiger partial charge on any atom is -0.497 e. The molecule has 0 bridgehead atoms. The van der Waals surface area contributed by atoms with Crippen molar-refractivity contribution in [2.75, 3.05) is 39.9 Å². The highest BCUT2D eigenvalue weighted by atomic mass is 16.7. The summed E-state index contributed by atoms with van der Waals surface area (Å²) in [5.41, 5.74) is 6.15. The zero-order chi connectivity index (χ0) is 31.7. The van der Waals surface area contributed by atoms with Crippen molar-refractivity contribution in [2.24, 2.45) is 0 Å². The van der Waals surface area contributed by atoms with Gasteiger partial charge in [0.2, 0.25) is 5.88 Å². The molecule has 0 radical (unpaired) electrons. The van der Waals surface area contributed by atoms with Crippen LogP contribution < -0.4 is 25.1 Å². The molecule has 0 amide bonds. The molecular formula is C35H40N4O6. The summed E-state index contributed by atoms with van der Waals surface area (Å²) in [6, 6.07) is 11.8. The molecule has 0 unspecified atom stereocenters. The molecule has 2 aliphatic rings. The molecule has 1 saturated heterocycles. The molecule has 2 aromatic heterocycles. The highest BCUT2D eigenvalue weighted by Crippen LogP contribution is 2.39. The van der Waals surface area contributed by atoms with Crippen molar-refractivity contribution in [1.29, 1.82) is 5.41 Å². The molecule has 1 aliphatic carbocycles. The Morgan fingerprint density at radius 3 is 2.47 bits per heavy atom. The monoisotopic (exact) mass is 612 g/mol. The third-order valence-corrected chi connectivity index (χ3v) is 9.13. The molecule has 236 valence electrons. The van der Waals surface area contributed by atoms with E-state index >= 15 is 0 Å². The summed E-state index contributed by atoms with van der Waals surface area (Å²) in [6.07, 6.45) is 6.19. The standard InChI is InChI=1S/C35H40N4O6/c1-21-19-37-33(43-5)22(2)31(21)23-7-9-27-29(16-23)39(20-24-6-8-26(41-3)17-30(24)42-4)34(40)28(18-36)32(27)38-25-10-12-35(13-11-25)44-14-15-45-35/h6-9,16-19,25,36,38H,10-15,20H2,1-5H3. The first-order chi connectivity index (χ1) is 21.8. The van der Waals surface area contributed by atoms with Crippen LogP contribution in [-0.4, -0.2) is 62.1 Å². The molecule has 4 aromatic rings. The van der Waals surface area contributed by atoms with Crippen molar-refractivity contribution in [3.8, 4) is 28.5 Å². The van der Waals surface area contributed by atoms with E-state index in [4.69, 9.17) is 29.1 Å². The lowest BCUT2D eigenvalue weighted by Gasteiger charge is -2.36. The van der Waals surface area contributed by atoms with Crippen LogP contribution in [0.2, 0.25) is 0 Å². The molecule has 2 fully saturated rings. The normalized spacial score (nSPS) is 16.2. The Labute approximate surface area is 262 Å². The third-order valence-electron chi connectivity index (χ3n) is 9.13. The molecule has 0 atom stereocenters. The van der Waals surface area contributed by atoms with E-state index in [1.54, 1.807) is 32.1 Å². The Balaban J connectivity index is 1.51. The van der Waals surface area contributed by atoms with Gasteiger partial charge in [-0.3, -0.25) is 4.79 Å². The Hall–Kier alpha value is -4.41. The fourth-order valence-electron chi connectivity index (χ4n) is 6.79. The van der Waals surface area contributed by atoms with Gasteiger partial charge in [-0.15, -0.1) is 0 Å². The topological polar surface area (TPSA) is 117 Å². The van der Waals surface area contributed by atoms with Crippen molar-refractivity contribution in [3.63, 3.8) is 0 Å². The quantitative estimate of drug-likeness (QED) is 0.226. The first-order valence-electron chi connectivity index (χ1n) is 15.3. The third kappa shape index (κ3) is 5.64. The Morgan fingerprint density at radius 2 is 1.80 bits per heavy atom. The predicted octanol–water partition coefficient (Wildman–Crippen LogP) is 5.85. The van der Waals surface area contributed by atoms with Crippen molar-refractivity contribution in [2.45, 2.75) is 57.9 Å². The van der Waals surface area contributed by atoms with E-state index in [0.29, 0.717) is 41.8 Å². The smallest absolute Gasteiger partial charge is 0.262 e. The zero-order valence-corrected chi connectivity index (χ0v) is 26.5. The second kappa shape index (κ2) is 12.5. The molecule has 2 aromatic carbocycles. The zero-order valence-electron chi connectivity index (χ0n) is 26.5. The molecule has 3 heterocycles. The summed E-state index contributed by atoms with van der Waals surface area (Å²) >= 11 is 0. The molecule has 1 aliphatic heterocycles. The van der Waals surface area contributed by atoms with Crippen molar-refractivity contribution < 1.29 is 23.7 Å². The number of rotatable bonds is 9. The summed E-state index contributed by atoms with van der Waals surface area (Å²) in [6.45, 7) is 5.51. The Kier molecular flexibility index (Phi) is 8.52. The summed E-state index contributed by atoms with van der Waals surface area (Å²) in [5, 5.41) is 12.9. The van der Waals surface area contributed by atoms with Gasteiger partial charge in [-0.1, -0.05) is 12.1 Å². The number of anilines is 1. The first kappa shape index (κ1) is 30.6. The van der Waals surface area contributed by atoms with Crippen LogP contribution in [0, 0.1) is 19.3 Å². The molecule has 45 heavy (non-hydrogen) atoms. The predicted molar refractivity (Wildman–Crippen MR) is 175 cm³/mol. The van der Waals surface area contributed by atoms with Gasteiger partial charge in [-0.25, -0.2) is 4.98 Å². The van der Waals surface area contributed by atoms with Crippen LogP contribution in [0.1, 0.15) is 47.9 Å². The second-order valence-corrected chi connectivity index (χ2v) is 11.7. The van der Waals surface area contributed by atoms with Gasteiger partial charge in [0.25, 0.3) is 5.56 Å². The van der Waals surface area contributed by atoms with E-state index in [-0.39, 0.29) is 18.1 Å². The minimum atomic E-state index is -0.484. The average Bonchev–Trinajstić information content (AvgIpc) is 3.52. The largest absolute Gasteiger partial charge is 0.497 e. The molecule has 1 saturated carbocycles. The number of aryl methyl sites for hydroxylation is 1. The fourth-order valence-corrected chi connectivity index (χ4v) is 6.79.